The Morgan fingerprint density at radius 3 is 2.38 bits per heavy atom. The third-order valence-electron chi connectivity index (χ3n) is 4.23. The molecule has 0 spiro atoms. The molecule has 6 nitrogen and oxygen atoms in total. The van der Waals surface area contributed by atoms with Crippen molar-refractivity contribution in [1.29, 1.82) is 0 Å². The lowest BCUT2D eigenvalue weighted by Gasteiger charge is -2.32. The van der Waals surface area contributed by atoms with E-state index in [0.717, 1.165) is 16.1 Å². The summed E-state index contributed by atoms with van der Waals surface area (Å²) < 4.78 is 5.04. The molecular weight excluding hydrogens is 332 g/mol. The first-order chi connectivity index (χ1) is 12.1. The van der Waals surface area contributed by atoms with E-state index >= 15 is 0 Å². The topological polar surface area (TPSA) is 75.7 Å². The standard InChI is InChI=1S/C20H26N2O4/c1-6-26-19(25)16-11-13(2)12-17(23)22(16)21-18(24)14-7-9-15(10-8-14)20(3,4)5/h7-10,12,16H,6,11H2,1-5H3,(H,21,24)/t16-/m1/s1. The van der Waals surface area contributed by atoms with Crippen LogP contribution in [0.25, 0.3) is 0 Å². The van der Waals surface area contributed by atoms with E-state index in [2.05, 4.69) is 26.2 Å². The van der Waals surface area contributed by atoms with Crippen LogP contribution in [0, 0.1) is 0 Å². The van der Waals surface area contributed by atoms with Gasteiger partial charge in [0.2, 0.25) is 0 Å². The van der Waals surface area contributed by atoms with Crippen molar-refractivity contribution in [3.05, 3.63) is 47.0 Å². The quantitative estimate of drug-likeness (QED) is 0.840. The molecule has 0 saturated heterocycles. The maximum absolute atomic E-state index is 12.5. The molecule has 0 bridgehead atoms. The normalized spacial score (nSPS) is 17.6. The highest BCUT2D eigenvalue weighted by molar-refractivity contribution is 5.99. The number of benzene rings is 1. The number of amides is 2. The number of rotatable bonds is 4. The van der Waals surface area contributed by atoms with Crippen LogP contribution in [0.1, 0.15) is 57.0 Å². The van der Waals surface area contributed by atoms with Gasteiger partial charge in [-0.15, -0.1) is 0 Å². The minimum absolute atomic E-state index is 0.0187. The number of nitrogens with one attached hydrogen (secondary N) is 1. The number of ether oxygens (including phenoxy) is 1. The predicted molar refractivity (Wildman–Crippen MR) is 98.2 cm³/mol. The third-order valence-corrected chi connectivity index (χ3v) is 4.23. The van der Waals surface area contributed by atoms with Gasteiger partial charge in [0.05, 0.1) is 6.61 Å². The fourth-order valence-electron chi connectivity index (χ4n) is 2.74. The Morgan fingerprint density at radius 1 is 1.23 bits per heavy atom. The molecule has 0 unspecified atom stereocenters. The average molecular weight is 358 g/mol. The Morgan fingerprint density at radius 2 is 1.85 bits per heavy atom. The van der Waals surface area contributed by atoms with Crippen LogP contribution in [-0.2, 0) is 19.7 Å². The summed E-state index contributed by atoms with van der Waals surface area (Å²) in [5.74, 6) is -1.41. The number of carbonyl (C=O) groups is 3. The molecule has 1 N–H and O–H groups in total. The second-order valence-corrected chi connectivity index (χ2v) is 7.44. The number of hydrogen-bond donors (Lipinski definition) is 1. The highest BCUT2D eigenvalue weighted by atomic mass is 16.5. The number of esters is 1. The number of hydrazine groups is 1. The predicted octanol–water partition coefficient (Wildman–Crippen LogP) is 2.74. The van der Waals surface area contributed by atoms with Crippen LogP contribution in [0.4, 0.5) is 0 Å². The maximum Gasteiger partial charge on any atom is 0.331 e. The highest BCUT2D eigenvalue weighted by Crippen LogP contribution is 2.22. The second-order valence-electron chi connectivity index (χ2n) is 7.44. The van der Waals surface area contributed by atoms with E-state index in [1.807, 2.05) is 12.1 Å². The van der Waals surface area contributed by atoms with Crippen molar-refractivity contribution >= 4 is 17.8 Å². The smallest absolute Gasteiger partial charge is 0.331 e. The molecule has 1 aliphatic rings. The molecule has 2 amide bonds. The van der Waals surface area contributed by atoms with Gasteiger partial charge in [0.1, 0.15) is 0 Å². The van der Waals surface area contributed by atoms with Crippen molar-refractivity contribution < 1.29 is 19.1 Å². The number of hydrogen-bond acceptors (Lipinski definition) is 4. The number of carbonyl (C=O) groups excluding carboxylic acids is 3. The Labute approximate surface area is 154 Å². The van der Waals surface area contributed by atoms with Crippen LogP contribution in [-0.4, -0.2) is 35.4 Å². The molecule has 6 heteroatoms. The van der Waals surface area contributed by atoms with E-state index < -0.39 is 23.8 Å². The van der Waals surface area contributed by atoms with E-state index in [0.29, 0.717) is 12.0 Å². The summed E-state index contributed by atoms with van der Waals surface area (Å²) >= 11 is 0. The van der Waals surface area contributed by atoms with Crippen LogP contribution in [0.5, 0.6) is 0 Å². The van der Waals surface area contributed by atoms with Gasteiger partial charge < -0.3 is 4.74 Å². The van der Waals surface area contributed by atoms with Crippen molar-refractivity contribution in [1.82, 2.24) is 10.4 Å². The van der Waals surface area contributed by atoms with Gasteiger partial charge in [-0.1, -0.05) is 38.5 Å². The average Bonchev–Trinajstić information content (AvgIpc) is 2.56. The molecule has 1 aliphatic heterocycles. The fraction of sp³-hybridized carbons (Fsp3) is 0.450. The largest absolute Gasteiger partial charge is 0.464 e. The van der Waals surface area contributed by atoms with Gasteiger partial charge in [-0.3, -0.25) is 15.0 Å². The molecule has 0 fully saturated rings. The SMILES string of the molecule is CCOC(=O)[C@H]1CC(C)=CC(=O)N1NC(=O)c1ccc(C(C)(C)C)cc1. The second kappa shape index (κ2) is 7.72. The zero-order chi connectivity index (χ0) is 19.5. The van der Waals surface area contributed by atoms with Crippen molar-refractivity contribution in [2.24, 2.45) is 0 Å². The van der Waals surface area contributed by atoms with Crippen LogP contribution in [0.15, 0.2) is 35.9 Å². The van der Waals surface area contributed by atoms with Crippen LogP contribution < -0.4 is 5.43 Å². The van der Waals surface area contributed by atoms with Gasteiger partial charge in [0.25, 0.3) is 11.8 Å². The monoisotopic (exact) mass is 358 g/mol. The molecule has 1 atom stereocenters. The Balaban J connectivity index is 2.19. The molecule has 1 aromatic rings. The molecule has 1 aromatic carbocycles. The summed E-state index contributed by atoms with van der Waals surface area (Å²) in [6.45, 7) is 9.95. The first-order valence-corrected chi connectivity index (χ1v) is 8.72. The summed E-state index contributed by atoms with van der Waals surface area (Å²) in [5, 5.41) is 1.06. The third kappa shape index (κ3) is 4.50. The lowest BCUT2D eigenvalue weighted by atomic mass is 9.87. The summed E-state index contributed by atoms with van der Waals surface area (Å²) in [6.07, 6.45) is 1.74. The molecule has 0 saturated carbocycles. The van der Waals surface area contributed by atoms with E-state index in [9.17, 15) is 14.4 Å². The van der Waals surface area contributed by atoms with Crippen LogP contribution in [0.3, 0.4) is 0 Å². The van der Waals surface area contributed by atoms with Crippen LogP contribution in [0.2, 0.25) is 0 Å². The van der Waals surface area contributed by atoms with E-state index in [1.165, 1.54) is 6.08 Å². The summed E-state index contributed by atoms with van der Waals surface area (Å²) in [6, 6.07) is 6.35. The molecule has 2 rings (SSSR count). The van der Waals surface area contributed by atoms with E-state index in [1.54, 1.807) is 26.0 Å². The van der Waals surface area contributed by atoms with Gasteiger partial charge in [0, 0.05) is 18.1 Å². The molecule has 0 radical (unpaired) electrons. The number of nitrogens with zero attached hydrogens (tertiary/aromatic N) is 1. The van der Waals surface area contributed by atoms with E-state index in [-0.39, 0.29) is 12.0 Å². The highest BCUT2D eigenvalue weighted by Gasteiger charge is 2.35. The molecular formula is C20H26N2O4. The molecule has 0 aliphatic carbocycles. The van der Waals surface area contributed by atoms with Crippen molar-refractivity contribution in [2.45, 2.75) is 52.5 Å². The minimum Gasteiger partial charge on any atom is -0.464 e. The lowest BCUT2D eigenvalue weighted by Crippen LogP contribution is -2.56. The van der Waals surface area contributed by atoms with Gasteiger partial charge in [0.15, 0.2) is 6.04 Å². The Bertz CT molecular complexity index is 729. The Hall–Kier alpha value is -2.63. The summed E-state index contributed by atoms with van der Waals surface area (Å²) in [4.78, 5) is 37.0. The van der Waals surface area contributed by atoms with E-state index in [4.69, 9.17) is 4.74 Å². The van der Waals surface area contributed by atoms with Crippen LogP contribution >= 0.6 is 0 Å². The van der Waals surface area contributed by atoms with Gasteiger partial charge in [-0.2, -0.15) is 0 Å². The van der Waals surface area contributed by atoms with Crippen molar-refractivity contribution in [3.63, 3.8) is 0 Å². The molecule has 1 heterocycles. The lowest BCUT2D eigenvalue weighted by molar-refractivity contribution is -0.155. The van der Waals surface area contributed by atoms with Gasteiger partial charge in [-0.05, 0) is 37.0 Å². The Kier molecular flexibility index (Phi) is 5.85. The molecule has 140 valence electrons. The van der Waals surface area contributed by atoms with Gasteiger partial charge in [-0.25, -0.2) is 9.80 Å². The van der Waals surface area contributed by atoms with Crippen molar-refractivity contribution in [3.8, 4) is 0 Å². The zero-order valence-corrected chi connectivity index (χ0v) is 16.0. The van der Waals surface area contributed by atoms with Crippen molar-refractivity contribution in [2.75, 3.05) is 6.61 Å². The first kappa shape index (κ1) is 19.7. The first-order valence-electron chi connectivity index (χ1n) is 8.72. The summed E-state index contributed by atoms with van der Waals surface area (Å²) in [7, 11) is 0. The van der Waals surface area contributed by atoms with Gasteiger partial charge >= 0.3 is 5.97 Å². The molecule has 0 aromatic heterocycles. The minimum atomic E-state index is -0.856. The fourth-order valence-corrected chi connectivity index (χ4v) is 2.74. The zero-order valence-electron chi connectivity index (χ0n) is 16.0. The molecule has 26 heavy (non-hydrogen) atoms. The summed E-state index contributed by atoms with van der Waals surface area (Å²) in [5.41, 5.74) is 4.82. The maximum atomic E-state index is 12.5.